The Bertz CT molecular complexity index is 1410. The van der Waals surface area contributed by atoms with Crippen LogP contribution >= 0.6 is 0 Å². The first-order valence-corrected chi connectivity index (χ1v) is 16.0. The van der Waals surface area contributed by atoms with Crippen molar-refractivity contribution in [3.05, 3.63) is 95.6 Å². The maximum atomic E-state index is 14.2. The zero-order valence-corrected chi connectivity index (χ0v) is 26.5. The second-order valence-electron chi connectivity index (χ2n) is 13.8. The zero-order valence-electron chi connectivity index (χ0n) is 26.5. The van der Waals surface area contributed by atoms with Crippen LogP contribution in [0, 0.1) is 29.1 Å². The molecular weight excluding hydrogens is 552 g/mol. The number of aliphatic hydroxyl groups is 1. The highest BCUT2D eigenvalue weighted by Gasteiger charge is 2.63. The SMILES string of the molecule is C=C1CC[C@H]2[C@@H](/C=C(\C)C(=O)[C@@]3(O)C[C@H](C)[C@H](OC(=O)CCc4ccccc4)[C@@H]3[C@H]1OC(=O)CCc1ccccc1)C2(C)C. The number of carbonyl (C=O) groups excluding carboxylic acids is 3. The fraction of sp³-hybridized carbons (Fsp3) is 0.500. The number of aryl methyl sites for hydroxylation is 2. The number of fused-ring (bicyclic) bond motifs is 2. The molecule has 0 spiro atoms. The van der Waals surface area contributed by atoms with E-state index in [1.165, 1.54) is 0 Å². The van der Waals surface area contributed by atoms with Gasteiger partial charge in [0.25, 0.3) is 0 Å². The number of Topliss-reactive ketones (excluding diaryl/α,β-unsaturated/α-hetero) is 1. The number of benzene rings is 2. The van der Waals surface area contributed by atoms with E-state index in [-0.39, 0.29) is 36.5 Å². The normalized spacial score (nSPS) is 32.3. The highest BCUT2D eigenvalue weighted by Crippen LogP contribution is 2.62. The van der Waals surface area contributed by atoms with E-state index >= 15 is 0 Å². The van der Waals surface area contributed by atoms with Gasteiger partial charge in [-0.2, -0.15) is 0 Å². The number of allylic oxidation sites excluding steroid dienone is 1. The van der Waals surface area contributed by atoms with Gasteiger partial charge in [-0.25, -0.2) is 0 Å². The van der Waals surface area contributed by atoms with Gasteiger partial charge in [0.05, 0.1) is 5.92 Å². The maximum Gasteiger partial charge on any atom is 0.306 e. The van der Waals surface area contributed by atoms with Crippen LogP contribution in [0.15, 0.2) is 84.5 Å². The van der Waals surface area contributed by atoms with Crippen molar-refractivity contribution in [3.63, 3.8) is 0 Å². The Hall–Kier alpha value is -3.51. The van der Waals surface area contributed by atoms with Crippen LogP contribution in [0.5, 0.6) is 0 Å². The number of hydrogen-bond donors (Lipinski definition) is 1. The van der Waals surface area contributed by atoms with Gasteiger partial charge in [0.2, 0.25) is 0 Å². The molecule has 0 unspecified atom stereocenters. The van der Waals surface area contributed by atoms with Crippen molar-refractivity contribution >= 4 is 17.7 Å². The Morgan fingerprint density at radius 1 is 0.932 bits per heavy atom. The smallest absolute Gasteiger partial charge is 0.306 e. The van der Waals surface area contributed by atoms with Crippen LogP contribution in [-0.2, 0) is 36.7 Å². The molecule has 2 fully saturated rings. The summed E-state index contributed by atoms with van der Waals surface area (Å²) in [6, 6.07) is 19.4. The van der Waals surface area contributed by atoms with Crippen molar-refractivity contribution < 1.29 is 29.0 Å². The first kappa shape index (κ1) is 31.9. The van der Waals surface area contributed by atoms with E-state index in [4.69, 9.17) is 9.47 Å². The van der Waals surface area contributed by atoms with Crippen molar-refractivity contribution in [2.24, 2.45) is 29.1 Å². The van der Waals surface area contributed by atoms with Crippen LogP contribution in [0.2, 0.25) is 0 Å². The average Bonchev–Trinajstić information content (AvgIpc) is 3.41. The van der Waals surface area contributed by atoms with Crippen molar-refractivity contribution in [1.82, 2.24) is 0 Å². The lowest BCUT2D eigenvalue weighted by atomic mass is 9.77. The molecule has 44 heavy (non-hydrogen) atoms. The van der Waals surface area contributed by atoms with Crippen molar-refractivity contribution in [3.8, 4) is 0 Å². The standard InChI is InChI=1S/C38H46O6/c1-24-16-19-29-30(37(29,4)5)22-25(2)36(41)38(42)23-26(3)35(44-32(40)21-18-28-14-10-7-11-15-28)33(38)34(24)43-31(39)20-17-27-12-8-6-9-13-27/h6-15,22,26,29-30,33-35,42H,1,16-21,23H2,2-5H3/b25-22+/t26-,29-,30+,33-,34-,35-,38+/m0/s1. The molecule has 0 aromatic heterocycles. The minimum Gasteiger partial charge on any atom is -0.461 e. The molecule has 0 bridgehead atoms. The molecular formula is C38H46O6. The molecule has 234 valence electrons. The first-order chi connectivity index (χ1) is 20.9. The molecule has 7 atom stereocenters. The molecule has 0 amide bonds. The van der Waals surface area contributed by atoms with E-state index in [1.807, 2.05) is 73.7 Å². The lowest BCUT2D eigenvalue weighted by Crippen LogP contribution is -2.52. The third-order valence-corrected chi connectivity index (χ3v) is 10.4. The molecule has 2 aromatic rings. The second kappa shape index (κ2) is 12.8. The molecule has 1 N–H and O–H groups in total. The van der Waals surface area contributed by atoms with Gasteiger partial charge in [-0.3, -0.25) is 14.4 Å². The first-order valence-electron chi connectivity index (χ1n) is 16.0. The third-order valence-electron chi connectivity index (χ3n) is 10.4. The Morgan fingerprint density at radius 3 is 2.05 bits per heavy atom. The van der Waals surface area contributed by atoms with Gasteiger partial charge in [-0.1, -0.05) is 94.1 Å². The van der Waals surface area contributed by atoms with Crippen LogP contribution in [0.4, 0.5) is 0 Å². The minimum atomic E-state index is -1.88. The lowest BCUT2D eigenvalue weighted by molar-refractivity contribution is -0.171. The molecule has 5 rings (SSSR count). The van der Waals surface area contributed by atoms with Gasteiger partial charge in [0, 0.05) is 12.8 Å². The number of rotatable bonds is 8. The number of ether oxygens (including phenoxy) is 2. The highest BCUT2D eigenvalue weighted by molar-refractivity contribution is 6.02. The van der Waals surface area contributed by atoms with Crippen LogP contribution in [0.25, 0.3) is 0 Å². The second-order valence-corrected chi connectivity index (χ2v) is 13.8. The Kier molecular flexibility index (Phi) is 9.31. The van der Waals surface area contributed by atoms with Gasteiger partial charge < -0.3 is 14.6 Å². The monoisotopic (exact) mass is 598 g/mol. The lowest BCUT2D eigenvalue weighted by Gasteiger charge is -2.37. The third kappa shape index (κ3) is 6.61. The van der Waals surface area contributed by atoms with Gasteiger partial charge in [-0.15, -0.1) is 0 Å². The Labute approximate surface area is 261 Å². The Morgan fingerprint density at radius 2 is 1.48 bits per heavy atom. The summed E-state index contributed by atoms with van der Waals surface area (Å²) in [4.78, 5) is 40.8. The van der Waals surface area contributed by atoms with E-state index in [9.17, 15) is 19.5 Å². The summed E-state index contributed by atoms with van der Waals surface area (Å²) >= 11 is 0. The van der Waals surface area contributed by atoms with Gasteiger partial charge in [0.1, 0.15) is 17.8 Å². The highest BCUT2D eigenvalue weighted by atomic mass is 16.6. The van der Waals surface area contributed by atoms with Crippen molar-refractivity contribution in [2.45, 2.75) is 90.4 Å². The average molecular weight is 599 g/mol. The number of hydrogen-bond acceptors (Lipinski definition) is 6. The fourth-order valence-electron chi connectivity index (χ4n) is 7.67. The summed E-state index contributed by atoms with van der Waals surface area (Å²) in [6.45, 7) is 12.4. The van der Waals surface area contributed by atoms with Gasteiger partial charge >= 0.3 is 11.9 Å². The number of carbonyl (C=O) groups is 3. The van der Waals surface area contributed by atoms with Crippen LogP contribution < -0.4 is 0 Å². The number of esters is 2. The molecule has 0 saturated heterocycles. The molecule has 3 aliphatic rings. The summed E-state index contributed by atoms with van der Waals surface area (Å²) in [5.74, 6) is -1.97. The van der Waals surface area contributed by atoms with Gasteiger partial charge in [0.15, 0.2) is 5.78 Å². The van der Waals surface area contributed by atoms with E-state index in [0.717, 1.165) is 17.5 Å². The number of ketones is 1. The van der Waals surface area contributed by atoms with E-state index in [1.54, 1.807) is 6.92 Å². The predicted octanol–water partition coefficient (Wildman–Crippen LogP) is 6.60. The summed E-state index contributed by atoms with van der Waals surface area (Å²) in [6.07, 6.45) is 3.04. The van der Waals surface area contributed by atoms with Crippen LogP contribution in [0.1, 0.15) is 70.9 Å². The minimum absolute atomic E-state index is 0.0324. The molecule has 0 radical (unpaired) electrons. The largest absolute Gasteiger partial charge is 0.461 e. The molecule has 3 aliphatic carbocycles. The van der Waals surface area contributed by atoms with Gasteiger partial charge in [-0.05, 0) is 84.5 Å². The predicted molar refractivity (Wildman–Crippen MR) is 169 cm³/mol. The molecule has 2 aromatic carbocycles. The van der Waals surface area contributed by atoms with E-state index in [0.29, 0.717) is 36.3 Å². The molecule has 2 saturated carbocycles. The summed E-state index contributed by atoms with van der Waals surface area (Å²) in [7, 11) is 0. The molecule has 6 nitrogen and oxygen atoms in total. The molecule has 0 heterocycles. The van der Waals surface area contributed by atoms with Crippen LogP contribution in [-0.4, -0.2) is 40.6 Å². The zero-order chi connectivity index (χ0) is 31.6. The topological polar surface area (TPSA) is 89.9 Å². The van der Waals surface area contributed by atoms with Crippen LogP contribution in [0.3, 0.4) is 0 Å². The summed E-state index contributed by atoms with van der Waals surface area (Å²) in [5, 5.41) is 12.4. The quantitative estimate of drug-likeness (QED) is 0.272. The summed E-state index contributed by atoms with van der Waals surface area (Å²) < 4.78 is 12.3. The molecule has 0 aliphatic heterocycles. The van der Waals surface area contributed by atoms with E-state index < -0.39 is 41.4 Å². The maximum absolute atomic E-state index is 14.2. The van der Waals surface area contributed by atoms with E-state index in [2.05, 4.69) is 20.4 Å². The van der Waals surface area contributed by atoms with Crippen molar-refractivity contribution in [2.75, 3.05) is 0 Å². The molecule has 6 heteroatoms. The fourth-order valence-corrected chi connectivity index (χ4v) is 7.67. The Balaban J connectivity index is 1.44. The summed E-state index contributed by atoms with van der Waals surface area (Å²) in [5.41, 5.74) is 1.34. The van der Waals surface area contributed by atoms with Crippen molar-refractivity contribution in [1.29, 1.82) is 0 Å².